The summed E-state index contributed by atoms with van der Waals surface area (Å²) in [5.74, 6) is -1.02. The fraction of sp³-hybridized carbons (Fsp3) is 0.300. The van der Waals surface area contributed by atoms with Crippen molar-refractivity contribution in [3.63, 3.8) is 0 Å². The lowest BCUT2D eigenvalue weighted by Crippen LogP contribution is -2.48. The van der Waals surface area contributed by atoms with Gasteiger partial charge in [0.15, 0.2) is 5.60 Å². The number of esters is 1. The molecule has 0 fully saturated rings. The van der Waals surface area contributed by atoms with Crippen molar-refractivity contribution in [2.45, 2.75) is 43.7 Å². The zero-order valence-corrected chi connectivity index (χ0v) is 16.7. The van der Waals surface area contributed by atoms with Crippen molar-refractivity contribution in [3.8, 4) is 0 Å². The Labute approximate surface area is 164 Å². The minimum absolute atomic E-state index is 0.100. The van der Waals surface area contributed by atoms with Crippen molar-refractivity contribution >= 4 is 27.6 Å². The quantitative estimate of drug-likeness (QED) is 0.748. The van der Waals surface area contributed by atoms with Crippen molar-refractivity contribution < 1.29 is 22.7 Å². The first-order chi connectivity index (χ1) is 13.1. The molecule has 0 spiro atoms. The van der Waals surface area contributed by atoms with Gasteiger partial charge in [-0.25, -0.2) is 17.9 Å². The van der Waals surface area contributed by atoms with Crippen LogP contribution in [0.15, 0.2) is 53.4 Å². The number of ether oxygens (including phenoxy) is 1. The third-order valence-corrected chi connectivity index (χ3v) is 6.05. The van der Waals surface area contributed by atoms with Crippen LogP contribution in [0, 0.1) is 0 Å². The molecule has 0 saturated carbocycles. The smallest absolute Gasteiger partial charge is 0.339 e. The van der Waals surface area contributed by atoms with Gasteiger partial charge < -0.3 is 10.1 Å². The first-order valence-electron chi connectivity index (χ1n) is 8.86. The summed E-state index contributed by atoms with van der Waals surface area (Å²) in [5.41, 5.74) is 0.261. The normalized spacial score (nSPS) is 19.1. The maximum Gasteiger partial charge on any atom is 0.339 e. The van der Waals surface area contributed by atoms with E-state index in [1.54, 1.807) is 45.0 Å². The average molecular weight is 402 g/mol. The van der Waals surface area contributed by atoms with Gasteiger partial charge in [0.1, 0.15) is 0 Å². The molecule has 1 amide bonds. The molecule has 0 saturated heterocycles. The van der Waals surface area contributed by atoms with Gasteiger partial charge in [-0.05, 0) is 56.7 Å². The van der Waals surface area contributed by atoms with Gasteiger partial charge in [0.2, 0.25) is 10.0 Å². The van der Waals surface area contributed by atoms with Crippen molar-refractivity contribution in [2.24, 2.45) is 0 Å². The van der Waals surface area contributed by atoms with Gasteiger partial charge in [0.05, 0.1) is 10.5 Å². The zero-order chi connectivity index (χ0) is 20.5. The van der Waals surface area contributed by atoms with Crippen molar-refractivity contribution in [1.82, 2.24) is 4.72 Å². The van der Waals surface area contributed by atoms with Crippen LogP contribution in [0.5, 0.6) is 0 Å². The predicted octanol–water partition coefficient (Wildman–Crippen LogP) is 2.48. The number of carbonyl (C=O) groups is 2. The molecular weight excluding hydrogens is 380 g/mol. The average Bonchev–Trinajstić information content (AvgIpc) is 2.61. The number of sulfonamides is 1. The fourth-order valence-corrected chi connectivity index (χ4v) is 4.27. The number of nitrogens with one attached hydrogen (secondary N) is 2. The molecule has 2 aromatic carbocycles. The molecule has 1 unspecified atom stereocenters. The van der Waals surface area contributed by atoms with Crippen LogP contribution < -0.4 is 10.0 Å². The molecule has 7 nitrogen and oxygen atoms in total. The molecule has 8 heteroatoms. The lowest BCUT2D eigenvalue weighted by atomic mass is 9.89. The van der Waals surface area contributed by atoms with Crippen molar-refractivity contribution in [3.05, 3.63) is 59.7 Å². The summed E-state index contributed by atoms with van der Waals surface area (Å²) in [4.78, 5) is 25.1. The number of rotatable bonds is 5. The van der Waals surface area contributed by atoms with Crippen LogP contribution in [0.25, 0.3) is 0 Å². The summed E-state index contributed by atoms with van der Waals surface area (Å²) < 4.78 is 32.2. The van der Waals surface area contributed by atoms with E-state index in [9.17, 15) is 18.0 Å². The van der Waals surface area contributed by atoms with E-state index in [0.717, 1.165) is 5.56 Å². The molecule has 2 N–H and O–H groups in total. The van der Waals surface area contributed by atoms with Crippen LogP contribution in [0.1, 0.15) is 36.7 Å². The van der Waals surface area contributed by atoms with Crippen LogP contribution in [0.3, 0.4) is 0 Å². The summed E-state index contributed by atoms with van der Waals surface area (Å²) in [6, 6.07) is 12.6. The maximum atomic E-state index is 12.8. The highest BCUT2D eigenvalue weighted by atomic mass is 32.2. The van der Waals surface area contributed by atoms with Crippen LogP contribution in [-0.2, 0) is 26.0 Å². The fourth-order valence-electron chi connectivity index (χ4n) is 3.02. The zero-order valence-electron chi connectivity index (χ0n) is 15.9. The van der Waals surface area contributed by atoms with E-state index in [4.69, 9.17) is 4.74 Å². The van der Waals surface area contributed by atoms with E-state index in [2.05, 4.69) is 10.0 Å². The molecule has 1 atom stereocenters. The monoisotopic (exact) mass is 402 g/mol. The minimum atomic E-state index is -3.61. The Hall–Kier alpha value is -2.71. The SMILES string of the molecule is CC(C)NS(=O)(=O)c1ccc(NC(=O)C2(C)Cc3ccccc3C(=O)O2)cc1. The van der Waals surface area contributed by atoms with Crippen LogP contribution in [0.4, 0.5) is 5.69 Å². The van der Waals surface area contributed by atoms with Crippen molar-refractivity contribution in [2.75, 3.05) is 5.32 Å². The summed E-state index contributed by atoms with van der Waals surface area (Å²) in [6.07, 6.45) is 0.255. The van der Waals surface area contributed by atoms with E-state index < -0.39 is 27.5 Å². The number of benzene rings is 2. The molecule has 0 bridgehead atoms. The summed E-state index contributed by atoms with van der Waals surface area (Å²) in [5, 5.41) is 2.69. The molecule has 0 radical (unpaired) electrons. The lowest BCUT2D eigenvalue weighted by Gasteiger charge is -2.33. The maximum absolute atomic E-state index is 12.8. The Kier molecular flexibility index (Phi) is 5.27. The highest BCUT2D eigenvalue weighted by Crippen LogP contribution is 2.29. The van der Waals surface area contributed by atoms with Crippen LogP contribution in [-0.4, -0.2) is 31.9 Å². The van der Waals surface area contributed by atoms with Gasteiger partial charge in [-0.2, -0.15) is 0 Å². The Bertz CT molecular complexity index is 1020. The van der Waals surface area contributed by atoms with E-state index in [0.29, 0.717) is 11.3 Å². The minimum Gasteiger partial charge on any atom is -0.445 e. The second kappa shape index (κ2) is 7.37. The Morgan fingerprint density at radius 3 is 2.39 bits per heavy atom. The number of anilines is 1. The molecule has 0 aromatic heterocycles. The van der Waals surface area contributed by atoms with E-state index in [1.807, 2.05) is 0 Å². The topological polar surface area (TPSA) is 102 Å². The molecule has 28 heavy (non-hydrogen) atoms. The second-order valence-corrected chi connectivity index (χ2v) is 8.92. The highest BCUT2D eigenvalue weighted by molar-refractivity contribution is 7.89. The molecule has 0 aliphatic carbocycles. The van der Waals surface area contributed by atoms with Crippen LogP contribution >= 0.6 is 0 Å². The first kappa shape index (κ1) is 20.0. The van der Waals surface area contributed by atoms with Gasteiger partial charge in [0, 0.05) is 18.2 Å². The molecule has 1 aliphatic rings. The molecule has 3 rings (SSSR count). The molecular formula is C20H22N2O5S. The number of hydrogen-bond donors (Lipinski definition) is 2. The van der Waals surface area contributed by atoms with Gasteiger partial charge in [-0.3, -0.25) is 4.79 Å². The number of fused-ring (bicyclic) bond motifs is 1. The van der Waals surface area contributed by atoms with Gasteiger partial charge in [-0.1, -0.05) is 18.2 Å². The van der Waals surface area contributed by atoms with E-state index in [1.165, 1.54) is 24.3 Å². The van der Waals surface area contributed by atoms with Crippen LogP contribution in [0.2, 0.25) is 0 Å². The van der Waals surface area contributed by atoms with Gasteiger partial charge >= 0.3 is 5.97 Å². The van der Waals surface area contributed by atoms with Gasteiger partial charge in [-0.15, -0.1) is 0 Å². The third-order valence-electron chi connectivity index (χ3n) is 4.38. The number of cyclic esters (lactones) is 1. The van der Waals surface area contributed by atoms with E-state index >= 15 is 0 Å². The summed E-state index contributed by atoms with van der Waals surface area (Å²) in [7, 11) is -3.61. The Balaban J connectivity index is 1.76. The Morgan fingerprint density at radius 2 is 1.75 bits per heavy atom. The summed E-state index contributed by atoms with van der Waals surface area (Å²) in [6.45, 7) is 5.02. The molecule has 1 heterocycles. The summed E-state index contributed by atoms with van der Waals surface area (Å²) >= 11 is 0. The molecule has 2 aromatic rings. The number of amides is 1. The second-order valence-electron chi connectivity index (χ2n) is 7.21. The first-order valence-corrected chi connectivity index (χ1v) is 10.3. The standard InChI is InChI=1S/C20H22N2O5S/c1-13(2)22-28(25,26)16-10-8-15(9-11-16)21-19(24)20(3)12-14-6-4-5-7-17(14)18(23)27-20/h4-11,13,22H,12H2,1-3H3,(H,21,24). The third kappa shape index (κ3) is 4.07. The van der Waals surface area contributed by atoms with Gasteiger partial charge in [0.25, 0.3) is 5.91 Å². The molecule has 1 aliphatic heterocycles. The van der Waals surface area contributed by atoms with E-state index in [-0.39, 0.29) is 17.4 Å². The number of hydrogen-bond acceptors (Lipinski definition) is 5. The largest absolute Gasteiger partial charge is 0.445 e. The highest BCUT2D eigenvalue weighted by Gasteiger charge is 2.42. The predicted molar refractivity (Wildman–Crippen MR) is 104 cm³/mol. The number of carbonyl (C=O) groups excluding carboxylic acids is 2. The molecule has 148 valence electrons. The lowest BCUT2D eigenvalue weighted by molar-refractivity contribution is -0.134. The Morgan fingerprint density at radius 1 is 1.11 bits per heavy atom. The van der Waals surface area contributed by atoms with Crippen molar-refractivity contribution in [1.29, 1.82) is 0 Å².